The van der Waals surface area contributed by atoms with E-state index in [0.717, 1.165) is 21.3 Å². The van der Waals surface area contributed by atoms with Crippen LogP contribution in [0.5, 0.6) is 11.6 Å². The van der Waals surface area contributed by atoms with Gasteiger partial charge in [0.05, 0.1) is 0 Å². The number of nitrogens with two attached hydrogens (primary N) is 1. The number of benzene rings is 2. The minimum atomic E-state index is 0.319. The molecule has 0 amide bonds. The lowest BCUT2D eigenvalue weighted by Crippen LogP contribution is -2.03. The highest BCUT2D eigenvalue weighted by atomic mass is 79.9. The highest BCUT2D eigenvalue weighted by Gasteiger charge is 2.11. The third-order valence-electron chi connectivity index (χ3n) is 3.36. The van der Waals surface area contributed by atoms with Gasteiger partial charge < -0.3 is 15.8 Å². The van der Waals surface area contributed by atoms with Gasteiger partial charge in [0.15, 0.2) is 5.82 Å². The molecule has 3 aromatic rings. The molecule has 0 aliphatic heterocycles. The van der Waals surface area contributed by atoms with Gasteiger partial charge in [0.1, 0.15) is 17.8 Å². The number of hydrogen-bond donors (Lipinski definition) is 2. The molecule has 0 aliphatic rings. The van der Waals surface area contributed by atoms with E-state index >= 15 is 0 Å². The number of aromatic nitrogens is 2. The van der Waals surface area contributed by atoms with E-state index in [1.165, 1.54) is 6.33 Å². The van der Waals surface area contributed by atoms with Crippen LogP contribution in [0.3, 0.4) is 0 Å². The van der Waals surface area contributed by atoms with Crippen molar-refractivity contribution in [1.29, 1.82) is 0 Å². The van der Waals surface area contributed by atoms with E-state index in [9.17, 15) is 0 Å². The SMILES string of the molecule is Cc1cc(C)cc(Nc2ncnc(Oc3ccc(Br)cc3)c2N)c1. The van der Waals surface area contributed by atoms with Crippen LogP contribution < -0.4 is 15.8 Å². The average Bonchev–Trinajstić information content (AvgIpc) is 2.52. The number of nitrogens with zero attached hydrogens (tertiary/aromatic N) is 2. The van der Waals surface area contributed by atoms with Gasteiger partial charge in [-0.05, 0) is 61.4 Å². The zero-order chi connectivity index (χ0) is 17.1. The predicted octanol–water partition coefficient (Wildman–Crippen LogP) is 4.97. The molecule has 24 heavy (non-hydrogen) atoms. The Morgan fingerprint density at radius 3 is 2.33 bits per heavy atom. The summed E-state index contributed by atoms with van der Waals surface area (Å²) in [4.78, 5) is 8.34. The number of ether oxygens (including phenoxy) is 1. The van der Waals surface area contributed by atoms with Gasteiger partial charge in [0.25, 0.3) is 0 Å². The topological polar surface area (TPSA) is 73.1 Å². The van der Waals surface area contributed by atoms with Crippen molar-refractivity contribution >= 4 is 33.1 Å². The van der Waals surface area contributed by atoms with E-state index in [0.29, 0.717) is 23.1 Å². The summed E-state index contributed by atoms with van der Waals surface area (Å²) >= 11 is 3.39. The first-order chi connectivity index (χ1) is 11.5. The van der Waals surface area contributed by atoms with Crippen LogP contribution in [0.25, 0.3) is 0 Å². The monoisotopic (exact) mass is 384 g/mol. The van der Waals surface area contributed by atoms with Crippen LogP contribution in [0.2, 0.25) is 0 Å². The zero-order valence-corrected chi connectivity index (χ0v) is 15.0. The first-order valence-corrected chi connectivity index (χ1v) is 8.20. The minimum Gasteiger partial charge on any atom is -0.437 e. The zero-order valence-electron chi connectivity index (χ0n) is 13.4. The van der Waals surface area contributed by atoms with Crippen LogP contribution in [-0.4, -0.2) is 9.97 Å². The second kappa shape index (κ2) is 6.88. The van der Waals surface area contributed by atoms with Gasteiger partial charge in [-0.1, -0.05) is 22.0 Å². The Hall–Kier alpha value is -2.60. The average molecular weight is 385 g/mol. The molecule has 0 aliphatic carbocycles. The van der Waals surface area contributed by atoms with E-state index in [1.54, 1.807) is 0 Å². The lowest BCUT2D eigenvalue weighted by atomic mass is 10.1. The molecule has 122 valence electrons. The molecule has 0 spiro atoms. The second-order valence-electron chi connectivity index (χ2n) is 5.50. The van der Waals surface area contributed by atoms with Gasteiger partial charge in [-0.3, -0.25) is 0 Å². The van der Waals surface area contributed by atoms with Gasteiger partial charge in [0.2, 0.25) is 5.88 Å². The third-order valence-corrected chi connectivity index (χ3v) is 3.89. The summed E-state index contributed by atoms with van der Waals surface area (Å²) < 4.78 is 6.73. The fourth-order valence-corrected chi connectivity index (χ4v) is 2.62. The highest BCUT2D eigenvalue weighted by Crippen LogP contribution is 2.31. The summed E-state index contributed by atoms with van der Waals surface area (Å²) in [5, 5.41) is 3.23. The Morgan fingerprint density at radius 1 is 1.00 bits per heavy atom. The van der Waals surface area contributed by atoms with Gasteiger partial charge >= 0.3 is 0 Å². The van der Waals surface area contributed by atoms with Crippen molar-refractivity contribution in [3.05, 3.63) is 64.4 Å². The van der Waals surface area contributed by atoms with Crippen molar-refractivity contribution in [2.75, 3.05) is 11.1 Å². The number of nitrogens with one attached hydrogen (secondary N) is 1. The Bertz CT molecular complexity index is 845. The summed E-state index contributed by atoms with van der Waals surface area (Å²) in [5.41, 5.74) is 9.77. The van der Waals surface area contributed by atoms with E-state index in [1.807, 2.05) is 50.2 Å². The Morgan fingerprint density at radius 2 is 1.67 bits per heavy atom. The molecule has 2 aromatic carbocycles. The Kier molecular flexibility index (Phi) is 4.66. The number of rotatable bonds is 4. The first-order valence-electron chi connectivity index (χ1n) is 7.40. The standard InChI is InChI=1S/C18H17BrN4O/c1-11-7-12(2)9-14(8-11)23-17-16(20)18(22-10-21-17)24-15-5-3-13(19)4-6-15/h3-10H,20H2,1-2H3,(H,21,22,23). The number of nitrogen functional groups attached to an aromatic ring is 1. The Labute approximate surface area is 149 Å². The maximum atomic E-state index is 6.16. The normalized spacial score (nSPS) is 10.5. The molecule has 5 nitrogen and oxygen atoms in total. The Balaban J connectivity index is 1.86. The number of hydrogen-bond acceptors (Lipinski definition) is 5. The van der Waals surface area contributed by atoms with E-state index in [2.05, 4.69) is 37.3 Å². The van der Waals surface area contributed by atoms with Crippen LogP contribution in [0.15, 0.2) is 53.3 Å². The summed E-state index contributed by atoms with van der Waals surface area (Å²) in [5.74, 6) is 1.49. The van der Waals surface area contributed by atoms with Gasteiger partial charge in [-0.15, -0.1) is 0 Å². The number of halogens is 1. The summed E-state index contributed by atoms with van der Waals surface area (Å²) in [7, 11) is 0. The summed E-state index contributed by atoms with van der Waals surface area (Å²) in [6.45, 7) is 4.09. The largest absolute Gasteiger partial charge is 0.437 e. The highest BCUT2D eigenvalue weighted by molar-refractivity contribution is 9.10. The van der Waals surface area contributed by atoms with Crippen molar-refractivity contribution in [3.8, 4) is 11.6 Å². The molecule has 0 saturated heterocycles. The molecule has 0 radical (unpaired) electrons. The quantitative estimate of drug-likeness (QED) is 0.663. The third kappa shape index (κ3) is 3.83. The maximum absolute atomic E-state index is 6.16. The van der Waals surface area contributed by atoms with Crippen LogP contribution in [0, 0.1) is 13.8 Å². The lowest BCUT2D eigenvalue weighted by Gasteiger charge is -2.12. The summed E-state index contributed by atoms with van der Waals surface area (Å²) in [6, 6.07) is 13.6. The molecule has 1 aromatic heterocycles. The molecule has 3 N–H and O–H groups in total. The van der Waals surface area contributed by atoms with Crippen LogP contribution in [0.4, 0.5) is 17.2 Å². The molecule has 0 unspecified atom stereocenters. The van der Waals surface area contributed by atoms with Crippen LogP contribution in [-0.2, 0) is 0 Å². The van der Waals surface area contributed by atoms with E-state index in [4.69, 9.17) is 10.5 Å². The molecule has 3 rings (SSSR count). The number of anilines is 3. The van der Waals surface area contributed by atoms with Crippen molar-refractivity contribution in [2.45, 2.75) is 13.8 Å². The van der Waals surface area contributed by atoms with Crippen LogP contribution in [0.1, 0.15) is 11.1 Å². The van der Waals surface area contributed by atoms with Crippen molar-refractivity contribution in [3.63, 3.8) is 0 Å². The fraction of sp³-hybridized carbons (Fsp3) is 0.111. The molecule has 1 heterocycles. The molecule has 0 bridgehead atoms. The van der Waals surface area contributed by atoms with E-state index in [-0.39, 0.29) is 0 Å². The first kappa shape index (κ1) is 16.3. The van der Waals surface area contributed by atoms with Crippen LogP contribution >= 0.6 is 15.9 Å². The lowest BCUT2D eigenvalue weighted by molar-refractivity contribution is 0.464. The van der Waals surface area contributed by atoms with Gasteiger partial charge in [-0.25, -0.2) is 4.98 Å². The van der Waals surface area contributed by atoms with Crippen molar-refractivity contribution < 1.29 is 4.74 Å². The van der Waals surface area contributed by atoms with Gasteiger partial charge in [0, 0.05) is 10.2 Å². The molecule has 0 fully saturated rings. The maximum Gasteiger partial charge on any atom is 0.248 e. The fourth-order valence-electron chi connectivity index (χ4n) is 2.36. The van der Waals surface area contributed by atoms with Gasteiger partial charge in [-0.2, -0.15) is 4.98 Å². The van der Waals surface area contributed by atoms with Crippen molar-refractivity contribution in [2.24, 2.45) is 0 Å². The molecular weight excluding hydrogens is 368 g/mol. The molecule has 6 heteroatoms. The van der Waals surface area contributed by atoms with E-state index < -0.39 is 0 Å². The second-order valence-corrected chi connectivity index (χ2v) is 6.41. The summed E-state index contributed by atoms with van der Waals surface area (Å²) in [6.07, 6.45) is 1.43. The molecular formula is C18H17BrN4O. The smallest absolute Gasteiger partial charge is 0.248 e. The predicted molar refractivity (Wildman–Crippen MR) is 99.9 cm³/mol. The van der Waals surface area contributed by atoms with Crippen molar-refractivity contribution in [1.82, 2.24) is 9.97 Å². The molecule has 0 atom stereocenters. The molecule has 0 saturated carbocycles. The minimum absolute atomic E-state index is 0.319. The number of aryl methyl sites for hydroxylation is 2.